The lowest BCUT2D eigenvalue weighted by atomic mass is 10.0. The van der Waals surface area contributed by atoms with Gasteiger partial charge in [0.25, 0.3) is 27.4 Å². The van der Waals surface area contributed by atoms with E-state index in [1.807, 2.05) is 4.72 Å². The molecule has 2 amide bonds. The van der Waals surface area contributed by atoms with Crippen molar-refractivity contribution in [2.45, 2.75) is 17.4 Å². The van der Waals surface area contributed by atoms with Gasteiger partial charge < -0.3 is 20.5 Å². The topological polar surface area (TPSA) is 208 Å². The number of hydrogen-bond donors (Lipinski definition) is 4. The van der Waals surface area contributed by atoms with Gasteiger partial charge in [-0.05, 0) is 54.1 Å². The fourth-order valence-corrected chi connectivity index (χ4v) is 6.19. The van der Waals surface area contributed by atoms with Crippen molar-refractivity contribution >= 4 is 44.4 Å². The molecule has 1 atom stereocenters. The maximum atomic E-state index is 15.1. The number of aryl methyl sites for hydroxylation is 1. The van der Waals surface area contributed by atoms with Crippen molar-refractivity contribution in [2.24, 2.45) is 7.05 Å². The normalized spacial score (nSPS) is 11.9. The van der Waals surface area contributed by atoms with Crippen molar-refractivity contribution in [3.05, 3.63) is 128 Å². The highest BCUT2D eigenvalue weighted by Gasteiger charge is 2.26. The van der Waals surface area contributed by atoms with Gasteiger partial charge in [-0.15, -0.1) is 0 Å². The molecular formula is C34H30F2N6O9S. The summed E-state index contributed by atoms with van der Waals surface area (Å²) in [7, 11) is -1.54. The number of carbonyl (C=O) groups excluding carboxylic acids is 2. The zero-order valence-electron chi connectivity index (χ0n) is 27.4. The summed E-state index contributed by atoms with van der Waals surface area (Å²) in [6.07, 6.45) is 2.47. The minimum atomic E-state index is -4.48. The maximum absolute atomic E-state index is 15.1. The Morgan fingerprint density at radius 3 is 2.31 bits per heavy atom. The monoisotopic (exact) mass is 736 g/mol. The Labute approximate surface area is 293 Å². The van der Waals surface area contributed by atoms with Crippen molar-refractivity contribution in [1.29, 1.82) is 0 Å². The van der Waals surface area contributed by atoms with Crippen LogP contribution in [0.1, 0.15) is 26.3 Å². The lowest BCUT2D eigenvalue weighted by Crippen LogP contribution is -2.42. The van der Waals surface area contributed by atoms with E-state index in [0.717, 1.165) is 16.7 Å². The van der Waals surface area contributed by atoms with Gasteiger partial charge in [-0.25, -0.2) is 31.4 Å². The molecule has 15 nitrogen and oxygen atoms in total. The van der Waals surface area contributed by atoms with E-state index < -0.39 is 68.0 Å². The van der Waals surface area contributed by atoms with Gasteiger partial charge in [0, 0.05) is 44.9 Å². The quantitative estimate of drug-likeness (QED) is 0.129. The Morgan fingerprint density at radius 2 is 1.65 bits per heavy atom. The van der Waals surface area contributed by atoms with Crippen LogP contribution in [0.3, 0.4) is 0 Å². The van der Waals surface area contributed by atoms with Crippen LogP contribution in [-0.2, 0) is 33.0 Å². The lowest BCUT2D eigenvalue weighted by molar-refractivity contribution is -0.139. The van der Waals surface area contributed by atoms with Crippen molar-refractivity contribution in [3.63, 3.8) is 0 Å². The SMILES string of the molecule is COCCNC(=O)c1ccc(S(=O)(=O)Nc2cc(F)c(C(=O)N[C@@H](Cc3ccc(-n4c(=O)c5ccncc5n(C)c4=O)cc3)C(=O)O)cc2F)cc1. The van der Waals surface area contributed by atoms with E-state index in [9.17, 15) is 37.5 Å². The summed E-state index contributed by atoms with van der Waals surface area (Å²) in [5.41, 5.74) is -1.95. The first-order chi connectivity index (χ1) is 24.7. The van der Waals surface area contributed by atoms with Gasteiger partial charge in [0.15, 0.2) is 0 Å². The van der Waals surface area contributed by atoms with Gasteiger partial charge in [-0.2, -0.15) is 0 Å². The number of pyridine rings is 1. The van der Waals surface area contributed by atoms with E-state index in [4.69, 9.17) is 4.74 Å². The number of benzene rings is 3. The van der Waals surface area contributed by atoms with E-state index in [1.165, 1.54) is 73.6 Å². The number of anilines is 1. The number of nitrogens with zero attached hydrogens (tertiary/aromatic N) is 3. The number of ether oxygens (including phenoxy) is 1. The smallest absolute Gasteiger partial charge is 0.335 e. The molecule has 0 unspecified atom stereocenters. The second-order valence-corrected chi connectivity index (χ2v) is 13.0. The molecule has 3 aromatic carbocycles. The Kier molecular flexibility index (Phi) is 10.9. The first kappa shape index (κ1) is 37.0. The van der Waals surface area contributed by atoms with E-state index in [1.54, 1.807) is 0 Å². The number of aliphatic carboxylic acids is 1. The van der Waals surface area contributed by atoms with Gasteiger partial charge in [0.1, 0.15) is 17.7 Å². The number of aromatic nitrogens is 3. The van der Waals surface area contributed by atoms with Gasteiger partial charge in [0.2, 0.25) is 0 Å². The van der Waals surface area contributed by atoms with Gasteiger partial charge >= 0.3 is 11.7 Å². The minimum Gasteiger partial charge on any atom is -0.480 e. The zero-order chi connectivity index (χ0) is 37.7. The molecule has 5 aromatic rings. The van der Waals surface area contributed by atoms with Crippen LogP contribution in [0.4, 0.5) is 14.5 Å². The second-order valence-electron chi connectivity index (χ2n) is 11.3. The number of methoxy groups -OCH3 is 1. The summed E-state index contributed by atoms with van der Waals surface area (Å²) in [5.74, 6) is -5.98. The molecule has 2 aromatic heterocycles. The number of carbonyl (C=O) groups is 3. The van der Waals surface area contributed by atoms with Crippen LogP contribution in [0.15, 0.2) is 93.6 Å². The van der Waals surface area contributed by atoms with Crippen LogP contribution in [0, 0.1) is 11.6 Å². The number of fused-ring (bicyclic) bond motifs is 1. The molecule has 0 saturated carbocycles. The highest BCUT2D eigenvalue weighted by atomic mass is 32.2. The van der Waals surface area contributed by atoms with Crippen molar-refractivity contribution in [2.75, 3.05) is 25.0 Å². The average molecular weight is 737 g/mol. The third-order valence-corrected chi connectivity index (χ3v) is 9.26. The molecule has 0 spiro atoms. The molecule has 0 aliphatic heterocycles. The number of sulfonamides is 1. The molecule has 0 aliphatic carbocycles. The molecule has 270 valence electrons. The Morgan fingerprint density at radius 1 is 0.962 bits per heavy atom. The van der Waals surface area contributed by atoms with Gasteiger partial charge in [-0.3, -0.25) is 28.7 Å². The van der Waals surface area contributed by atoms with Crippen molar-refractivity contribution in [1.82, 2.24) is 24.8 Å². The number of carboxylic acids is 1. The Hall–Kier alpha value is -6.27. The van der Waals surface area contributed by atoms with Crippen LogP contribution in [-0.4, -0.2) is 71.7 Å². The standard InChI is InChI=1S/C34H30F2N6O9S/c1-41-29-18-37-12-11-23(29)32(45)42(34(41)48)21-7-3-19(4-8-21)15-28(33(46)47)39-31(44)24-16-26(36)27(17-25(24)35)40-52(49,50)22-9-5-20(6-10-22)30(43)38-13-14-51-2/h3-12,16-18,28,40H,13-15H2,1-2H3,(H,38,43)(H,39,44)(H,46,47)/t28-/m0/s1. The Balaban J connectivity index is 1.29. The second kappa shape index (κ2) is 15.3. The number of hydrogen-bond acceptors (Lipinski definition) is 9. The molecule has 0 saturated heterocycles. The largest absolute Gasteiger partial charge is 0.480 e. The van der Waals surface area contributed by atoms with Gasteiger partial charge in [0.05, 0.1) is 45.5 Å². The van der Waals surface area contributed by atoms with E-state index in [-0.39, 0.29) is 41.1 Å². The molecule has 0 aliphatic rings. The molecule has 52 heavy (non-hydrogen) atoms. The van der Waals surface area contributed by atoms with Crippen LogP contribution in [0.5, 0.6) is 0 Å². The first-order valence-corrected chi connectivity index (χ1v) is 16.8. The molecule has 5 rings (SSSR count). The fraction of sp³-hybridized carbons (Fsp3) is 0.176. The summed E-state index contributed by atoms with van der Waals surface area (Å²) in [4.78, 5) is 66.7. The lowest BCUT2D eigenvalue weighted by Gasteiger charge is -2.16. The van der Waals surface area contributed by atoms with Crippen LogP contribution in [0.25, 0.3) is 16.6 Å². The number of carboxylic acid groups (broad SMARTS) is 1. The first-order valence-electron chi connectivity index (χ1n) is 15.3. The Bertz CT molecular complexity index is 2420. The van der Waals surface area contributed by atoms with Crippen LogP contribution < -0.4 is 26.6 Å². The van der Waals surface area contributed by atoms with Crippen molar-refractivity contribution < 1.29 is 41.4 Å². The molecule has 18 heteroatoms. The van der Waals surface area contributed by atoms with Crippen LogP contribution >= 0.6 is 0 Å². The third kappa shape index (κ3) is 7.87. The molecule has 2 heterocycles. The third-order valence-electron chi connectivity index (χ3n) is 7.88. The van der Waals surface area contributed by atoms with E-state index in [0.29, 0.717) is 23.2 Å². The highest BCUT2D eigenvalue weighted by molar-refractivity contribution is 7.92. The molecular weight excluding hydrogens is 706 g/mol. The predicted octanol–water partition coefficient (Wildman–Crippen LogP) is 1.97. The van der Waals surface area contributed by atoms with Crippen LogP contribution in [0.2, 0.25) is 0 Å². The average Bonchev–Trinajstić information content (AvgIpc) is 3.12. The van der Waals surface area contributed by atoms with Gasteiger partial charge in [-0.1, -0.05) is 12.1 Å². The maximum Gasteiger partial charge on any atom is 0.335 e. The van der Waals surface area contributed by atoms with Crippen molar-refractivity contribution in [3.8, 4) is 5.69 Å². The summed E-state index contributed by atoms with van der Waals surface area (Å²) in [6, 6.07) is 11.0. The molecule has 0 fully saturated rings. The summed E-state index contributed by atoms with van der Waals surface area (Å²) >= 11 is 0. The summed E-state index contributed by atoms with van der Waals surface area (Å²) in [5, 5.41) is 14.7. The number of amides is 2. The minimum absolute atomic E-state index is 0.141. The predicted molar refractivity (Wildman–Crippen MR) is 183 cm³/mol. The molecule has 4 N–H and O–H groups in total. The number of nitrogens with one attached hydrogen (secondary N) is 3. The summed E-state index contributed by atoms with van der Waals surface area (Å²) in [6.45, 7) is 0.489. The molecule has 0 radical (unpaired) electrons. The van der Waals surface area contributed by atoms with E-state index >= 15 is 8.78 Å². The molecule has 0 bridgehead atoms. The fourth-order valence-electron chi connectivity index (χ4n) is 5.13. The summed E-state index contributed by atoms with van der Waals surface area (Å²) < 4.78 is 64.8. The zero-order valence-corrected chi connectivity index (χ0v) is 28.2. The number of rotatable bonds is 13. The van der Waals surface area contributed by atoms with E-state index in [2.05, 4.69) is 15.6 Å². The number of halogens is 2. The highest BCUT2D eigenvalue weighted by Crippen LogP contribution is 2.24.